The Morgan fingerprint density at radius 2 is 2.00 bits per heavy atom. The zero-order chi connectivity index (χ0) is 16.3. The second-order valence-electron chi connectivity index (χ2n) is 6.32. The standard InChI is InChI=1S/C17H19N3OS/c1-11-5-6-12(9-13(11)19-20-18)10-14(21)15-7-8-16(22-15)17(2,3)4/h5-9H,10H2,1-4H3. The molecular weight excluding hydrogens is 294 g/mol. The third-order valence-electron chi connectivity index (χ3n) is 3.41. The predicted octanol–water partition coefficient (Wildman–Crippen LogP) is 5.72. The van der Waals surface area contributed by atoms with E-state index in [2.05, 4.69) is 30.8 Å². The maximum atomic E-state index is 12.4. The topological polar surface area (TPSA) is 65.8 Å². The predicted molar refractivity (Wildman–Crippen MR) is 91.0 cm³/mol. The first-order chi connectivity index (χ1) is 10.3. The quantitative estimate of drug-likeness (QED) is 0.308. The number of nitrogens with zero attached hydrogens (tertiary/aromatic N) is 3. The lowest BCUT2D eigenvalue weighted by Gasteiger charge is -2.15. The molecule has 0 radical (unpaired) electrons. The van der Waals surface area contributed by atoms with Crippen molar-refractivity contribution >= 4 is 22.8 Å². The lowest BCUT2D eigenvalue weighted by molar-refractivity contribution is 0.0997. The number of aryl methyl sites for hydroxylation is 1. The molecule has 0 N–H and O–H groups in total. The molecule has 1 heterocycles. The van der Waals surface area contributed by atoms with Gasteiger partial charge in [0, 0.05) is 21.9 Å². The zero-order valence-corrected chi connectivity index (χ0v) is 14.1. The Kier molecular flexibility index (Phi) is 4.69. The molecule has 0 saturated heterocycles. The first kappa shape index (κ1) is 16.3. The van der Waals surface area contributed by atoms with Crippen LogP contribution in [0.25, 0.3) is 10.4 Å². The molecule has 4 nitrogen and oxygen atoms in total. The summed E-state index contributed by atoms with van der Waals surface area (Å²) >= 11 is 1.55. The molecule has 5 heteroatoms. The highest BCUT2D eigenvalue weighted by Gasteiger charge is 2.18. The Morgan fingerprint density at radius 3 is 2.59 bits per heavy atom. The average molecular weight is 313 g/mol. The van der Waals surface area contributed by atoms with Gasteiger partial charge < -0.3 is 0 Å². The SMILES string of the molecule is Cc1ccc(CC(=O)c2ccc(C(C)(C)C)s2)cc1N=[N+]=[N-]. The summed E-state index contributed by atoms with van der Waals surface area (Å²) in [5.74, 6) is 0.0937. The van der Waals surface area contributed by atoms with Gasteiger partial charge in [0.1, 0.15) is 0 Å². The Labute approximate surface area is 134 Å². The Morgan fingerprint density at radius 1 is 1.27 bits per heavy atom. The van der Waals surface area contributed by atoms with Gasteiger partial charge in [-0.25, -0.2) is 0 Å². The minimum atomic E-state index is 0.0573. The van der Waals surface area contributed by atoms with E-state index < -0.39 is 0 Å². The Balaban J connectivity index is 2.20. The molecule has 0 unspecified atom stereocenters. The second kappa shape index (κ2) is 6.34. The molecule has 0 spiro atoms. The smallest absolute Gasteiger partial charge is 0.177 e. The summed E-state index contributed by atoms with van der Waals surface area (Å²) in [7, 11) is 0. The molecule has 1 aromatic heterocycles. The van der Waals surface area contributed by atoms with E-state index in [1.165, 1.54) is 4.88 Å². The van der Waals surface area contributed by atoms with Crippen LogP contribution in [0.5, 0.6) is 0 Å². The van der Waals surface area contributed by atoms with Crippen LogP contribution in [-0.2, 0) is 11.8 Å². The molecule has 22 heavy (non-hydrogen) atoms. The fourth-order valence-electron chi connectivity index (χ4n) is 2.08. The number of hydrogen-bond donors (Lipinski definition) is 0. The van der Waals surface area contributed by atoms with Crippen molar-refractivity contribution in [2.45, 2.75) is 39.5 Å². The van der Waals surface area contributed by atoms with E-state index in [1.54, 1.807) is 17.4 Å². The monoisotopic (exact) mass is 313 g/mol. The van der Waals surface area contributed by atoms with Crippen molar-refractivity contribution in [2.75, 3.05) is 0 Å². The summed E-state index contributed by atoms with van der Waals surface area (Å²) in [5.41, 5.74) is 11.0. The largest absolute Gasteiger partial charge is 0.293 e. The molecule has 2 aromatic rings. The van der Waals surface area contributed by atoms with Crippen molar-refractivity contribution in [3.05, 3.63) is 61.7 Å². The van der Waals surface area contributed by atoms with Gasteiger partial charge in [0.15, 0.2) is 5.78 Å². The van der Waals surface area contributed by atoms with Crippen LogP contribution in [-0.4, -0.2) is 5.78 Å². The van der Waals surface area contributed by atoms with Gasteiger partial charge in [-0.2, -0.15) is 0 Å². The van der Waals surface area contributed by atoms with Crippen LogP contribution in [0.4, 0.5) is 5.69 Å². The molecule has 0 atom stereocenters. The van der Waals surface area contributed by atoms with Gasteiger partial charge in [-0.3, -0.25) is 4.79 Å². The number of thiophene rings is 1. The normalized spacial score (nSPS) is 11.1. The van der Waals surface area contributed by atoms with Crippen molar-refractivity contribution in [3.63, 3.8) is 0 Å². The number of hydrogen-bond acceptors (Lipinski definition) is 3. The second-order valence-corrected chi connectivity index (χ2v) is 7.41. The van der Waals surface area contributed by atoms with Crippen LogP contribution in [0.15, 0.2) is 35.4 Å². The van der Waals surface area contributed by atoms with Crippen LogP contribution >= 0.6 is 11.3 Å². The molecule has 0 amide bonds. The van der Waals surface area contributed by atoms with Crippen LogP contribution < -0.4 is 0 Å². The van der Waals surface area contributed by atoms with Gasteiger partial charge in [0.25, 0.3) is 0 Å². The highest BCUT2D eigenvalue weighted by Crippen LogP contribution is 2.30. The number of Topliss-reactive ketones (excluding diaryl/α,β-unsaturated/α-hetero) is 1. The first-order valence-corrected chi connectivity index (χ1v) is 7.91. The molecule has 114 valence electrons. The summed E-state index contributed by atoms with van der Waals surface area (Å²) in [5, 5.41) is 3.66. The lowest BCUT2D eigenvalue weighted by Crippen LogP contribution is -2.08. The van der Waals surface area contributed by atoms with E-state index in [0.717, 1.165) is 16.0 Å². The summed E-state index contributed by atoms with van der Waals surface area (Å²) in [4.78, 5) is 17.2. The molecule has 1 aromatic carbocycles. The number of carbonyl (C=O) groups is 1. The van der Waals surface area contributed by atoms with E-state index >= 15 is 0 Å². The Hall–Kier alpha value is -2.10. The van der Waals surface area contributed by atoms with Crippen LogP contribution in [0.1, 0.15) is 46.4 Å². The van der Waals surface area contributed by atoms with Gasteiger partial charge in [-0.05, 0) is 47.2 Å². The van der Waals surface area contributed by atoms with Crippen molar-refractivity contribution in [2.24, 2.45) is 5.11 Å². The number of carbonyl (C=O) groups excluding carboxylic acids is 1. The van der Waals surface area contributed by atoms with Crippen molar-refractivity contribution in [1.82, 2.24) is 0 Å². The first-order valence-electron chi connectivity index (χ1n) is 7.09. The number of benzene rings is 1. The van der Waals surface area contributed by atoms with Crippen LogP contribution in [0, 0.1) is 6.92 Å². The van der Waals surface area contributed by atoms with E-state index in [9.17, 15) is 4.79 Å². The summed E-state index contributed by atoms with van der Waals surface area (Å²) < 4.78 is 0. The fraction of sp³-hybridized carbons (Fsp3) is 0.353. The Bertz CT molecular complexity index is 750. The summed E-state index contributed by atoms with van der Waals surface area (Å²) in [6.45, 7) is 8.29. The molecule has 0 bridgehead atoms. The van der Waals surface area contributed by atoms with Crippen LogP contribution in [0.3, 0.4) is 0 Å². The van der Waals surface area contributed by atoms with Gasteiger partial charge in [-0.1, -0.05) is 38.0 Å². The maximum Gasteiger partial charge on any atom is 0.177 e. The van der Waals surface area contributed by atoms with Gasteiger partial charge in [0.2, 0.25) is 0 Å². The maximum absolute atomic E-state index is 12.4. The minimum Gasteiger partial charge on any atom is -0.293 e. The third-order valence-corrected chi connectivity index (χ3v) is 4.96. The summed E-state index contributed by atoms with van der Waals surface area (Å²) in [6, 6.07) is 9.49. The van der Waals surface area contributed by atoms with Crippen LogP contribution in [0.2, 0.25) is 0 Å². The van der Waals surface area contributed by atoms with Gasteiger partial charge in [0.05, 0.1) is 4.88 Å². The third kappa shape index (κ3) is 3.75. The van der Waals surface area contributed by atoms with Gasteiger partial charge >= 0.3 is 0 Å². The highest BCUT2D eigenvalue weighted by atomic mass is 32.1. The van der Waals surface area contributed by atoms with E-state index in [0.29, 0.717) is 12.1 Å². The van der Waals surface area contributed by atoms with Crippen molar-refractivity contribution < 1.29 is 4.79 Å². The van der Waals surface area contributed by atoms with Crippen molar-refractivity contribution in [3.8, 4) is 0 Å². The number of rotatable bonds is 4. The molecule has 0 aliphatic carbocycles. The molecule has 0 fully saturated rings. The van der Waals surface area contributed by atoms with E-state index in [4.69, 9.17) is 5.53 Å². The average Bonchev–Trinajstić information content (AvgIpc) is 2.92. The van der Waals surface area contributed by atoms with E-state index in [-0.39, 0.29) is 11.2 Å². The highest BCUT2D eigenvalue weighted by molar-refractivity contribution is 7.14. The molecule has 0 aliphatic rings. The fourth-order valence-corrected chi connectivity index (χ4v) is 3.09. The molecule has 0 aliphatic heterocycles. The molecule has 0 saturated carbocycles. The summed E-state index contributed by atoms with van der Waals surface area (Å²) in [6.07, 6.45) is 0.318. The van der Waals surface area contributed by atoms with Gasteiger partial charge in [-0.15, -0.1) is 11.3 Å². The van der Waals surface area contributed by atoms with Crippen molar-refractivity contribution in [1.29, 1.82) is 0 Å². The molecule has 2 rings (SSSR count). The number of ketones is 1. The number of azide groups is 1. The van der Waals surface area contributed by atoms with E-state index in [1.807, 2.05) is 31.2 Å². The zero-order valence-electron chi connectivity index (χ0n) is 13.3. The molecular formula is C17H19N3OS. The minimum absolute atomic E-state index is 0.0573. The lowest BCUT2D eigenvalue weighted by atomic mass is 9.95.